The number of nitrogen functional groups attached to an aromatic ring is 1. The fourth-order valence-corrected chi connectivity index (χ4v) is 1.02. The Morgan fingerprint density at radius 1 is 1.42 bits per heavy atom. The van der Waals surface area contributed by atoms with E-state index in [-0.39, 0.29) is 5.84 Å². The minimum Gasteiger partial charge on any atom is -0.399 e. The largest absolute Gasteiger partial charge is 0.399 e. The average Bonchev–Trinajstić information content (AvgIpc) is 2.08. The molecule has 12 heavy (non-hydrogen) atoms. The normalized spacial score (nSPS) is 11.6. The summed E-state index contributed by atoms with van der Waals surface area (Å²) in [6.07, 6.45) is 0. The van der Waals surface area contributed by atoms with Gasteiger partial charge in [-0.1, -0.05) is 11.6 Å². The molecule has 6 N–H and O–H groups in total. The Hall–Kier alpha value is -1.42. The van der Waals surface area contributed by atoms with E-state index in [0.29, 0.717) is 16.3 Å². The quantitative estimate of drug-likeness (QED) is 0.195. The minimum absolute atomic E-state index is 0.173. The smallest absolute Gasteiger partial charge is 0.151 e. The van der Waals surface area contributed by atoms with E-state index in [0.717, 1.165) is 0 Å². The van der Waals surface area contributed by atoms with Crippen molar-refractivity contribution in [3.8, 4) is 0 Å². The van der Waals surface area contributed by atoms with Crippen molar-refractivity contribution in [3.63, 3.8) is 0 Å². The van der Waals surface area contributed by atoms with Gasteiger partial charge in [0.1, 0.15) is 0 Å². The van der Waals surface area contributed by atoms with E-state index in [4.69, 9.17) is 28.9 Å². The Kier molecular flexibility index (Phi) is 2.40. The summed E-state index contributed by atoms with van der Waals surface area (Å²) in [7, 11) is 0. The molecule has 0 unspecified atom stereocenters. The first-order chi connectivity index (χ1) is 5.65. The van der Waals surface area contributed by atoms with Gasteiger partial charge < -0.3 is 17.3 Å². The van der Waals surface area contributed by atoms with E-state index < -0.39 is 0 Å². The highest BCUT2D eigenvalue weighted by Crippen LogP contribution is 2.17. The molecule has 64 valence electrons. The number of hydrogen-bond acceptors (Lipinski definition) is 3. The molecular weight excluding hydrogens is 176 g/mol. The molecule has 0 fully saturated rings. The van der Waals surface area contributed by atoms with Crippen molar-refractivity contribution >= 4 is 23.1 Å². The van der Waals surface area contributed by atoms with Gasteiger partial charge in [0, 0.05) is 11.3 Å². The first-order valence-corrected chi connectivity index (χ1v) is 3.61. The van der Waals surface area contributed by atoms with Crippen LogP contribution in [0.25, 0.3) is 0 Å². The van der Waals surface area contributed by atoms with Gasteiger partial charge in [0.05, 0.1) is 5.02 Å². The van der Waals surface area contributed by atoms with Crippen LogP contribution in [0.2, 0.25) is 5.02 Å². The van der Waals surface area contributed by atoms with Gasteiger partial charge in [-0.05, 0) is 18.2 Å². The number of anilines is 1. The van der Waals surface area contributed by atoms with Crippen molar-refractivity contribution in [2.45, 2.75) is 0 Å². The second kappa shape index (κ2) is 3.32. The van der Waals surface area contributed by atoms with Crippen molar-refractivity contribution in [2.24, 2.45) is 16.7 Å². The van der Waals surface area contributed by atoms with Crippen molar-refractivity contribution in [1.82, 2.24) is 0 Å². The first-order valence-electron chi connectivity index (χ1n) is 3.24. The van der Waals surface area contributed by atoms with Crippen LogP contribution >= 0.6 is 11.6 Å². The Bertz CT molecular complexity index is 321. The number of nitrogens with zero attached hydrogens (tertiary/aromatic N) is 1. The van der Waals surface area contributed by atoms with Gasteiger partial charge in [0.25, 0.3) is 0 Å². The van der Waals surface area contributed by atoms with E-state index in [2.05, 4.69) is 5.10 Å². The van der Waals surface area contributed by atoms with Gasteiger partial charge >= 0.3 is 0 Å². The number of benzene rings is 1. The van der Waals surface area contributed by atoms with Crippen LogP contribution in [0.4, 0.5) is 5.69 Å². The topological polar surface area (TPSA) is 90.4 Å². The molecule has 0 bridgehead atoms. The summed E-state index contributed by atoms with van der Waals surface area (Å²) in [6, 6.07) is 4.94. The van der Waals surface area contributed by atoms with Crippen LogP contribution in [0.5, 0.6) is 0 Å². The van der Waals surface area contributed by atoms with Crippen molar-refractivity contribution in [3.05, 3.63) is 28.8 Å². The highest BCUT2D eigenvalue weighted by molar-refractivity contribution is 6.34. The molecule has 0 aromatic heterocycles. The zero-order chi connectivity index (χ0) is 9.14. The maximum Gasteiger partial charge on any atom is 0.151 e. The van der Waals surface area contributed by atoms with E-state index in [1.54, 1.807) is 18.2 Å². The molecule has 1 aromatic carbocycles. The third kappa shape index (κ3) is 1.60. The average molecular weight is 185 g/mol. The lowest BCUT2D eigenvalue weighted by Crippen LogP contribution is -2.16. The molecule has 0 aliphatic heterocycles. The van der Waals surface area contributed by atoms with Crippen LogP contribution in [0, 0.1) is 0 Å². The van der Waals surface area contributed by atoms with Crippen LogP contribution in [-0.4, -0.2) is 5.84 Å². The van der Waals surface area contributed by atoms with Gasteiger partial charge in [-0.15, -0.1) is 0 Å². The van der Waals surface area contributed by atoms with Crippen molar-refractivity contribution < 1.29 is 0 Å². The molecule has 0 radical (unpaired) electrons. The molecule has 5 heteroatoms. The number of hydrogen-bond donors (Lipinski definition) is 3. The SMILES string of the molecule is N/N=C(\N)c1cc(N)ccc1Cl. The third-order valence-electron chi connectivity index (χ3n) is 1.41. The maximum absolute atomic E-state index is 5.80. The zero-order valence-corrected chi connectivity index (χ0v) is 7.05. The van der Waals surface area contributed by atoms with Gasteiger partial charge in [0.15, 0.2) is 5.84 Å². The summed E-state index contributed by atoms with van der Waals surface area (Å²) in [5.41, 5.74) is 12.1. The summed E-state index contributed by atoms with van der Waals surface area (Å²) < 4.78 is 0. The minimum atomic E-state index is 0.173. The highest BCUT2D eigenvalue weighted by atomic mass is 35.5. The molecule has 0 saturated heterocycles. The third-order valence-corrected chi connectivity index (χ3v) is 1.74. The maximum atomic E-state index is 5.80. The van der Waals surface area contributed by atoms with E-state index in [1.807, 2.05) is 0 Å². The van der Waals surface area contributed by atoms with Gasteiger partial charge in [-0.3, -0.25) is 0 Å². The van der Waals surface area contributed by atoms with Crippen LogP contribution in [0.15, 0.2) is 23.3 Å². The highest BCUT2D eigenvalue weighted by Gasteiger charge is 2.03. The summed E-state index contributed by atoms with van der Waals surface area (Å²) in [5, 5.41) is 3.80. The number of nitrogens with two attached hydrogens (primary N) is 3. The predicted octanol–water partition coefficient (Wildman–Crippen LogP) is 0.501. The summed E-state index contributed by atoms with van der Waals surface area (Å²) in [6.45, 7) is 0. The molecule has 0 aliphatic rings. The molecule has 1 rings (SSSR count). The van der Waals surface area contributed by atoms with Gasteiger partial charge in [-0.2, -0.15) is 5.10 Å². The lowest BCUT2D eigenvalue weighted by atomic mass is 10.2. The van der Waals surface area contributed by atoms with E-state index >= 15 is 0 Å². The Morgan fingerprint density at radius 2 is 2.08 bits per heavy atom. The molecule has 4 nitrogen and oxygen atoms in total. The van der Waals surface area contributed by atoms with Crippen LogP contribution < -0.4 is 17.3 Å². The zero-order valence-electron chi connectivity index (χ0n) is 6.29. The van der Waals surface area contributed by atoms with Gasteiger partial charge in [0.2, 0.25) is 0 Å². The summed E-state index contributed by atoms with van der Waals surface area (Å²) in [4.78, 5) is 0. The Labute approximate surface area is 75.0 Å². The van der Waals surface area contributed by atoms with Gasteiger partial charge in [-0.25, -0.2) is 0 Å². The predicted molar refractivity (Wildman–Crippen MR) is 50.8 cm³/mol. The molecular formula is C7H9ClN4. The molecule has 1 aromatic rings. The number of hydrazone groups is 1. The van der Waals surface area contributed by atoms with Crippen LogP contribution in [-0.2, 0) is 0 Å². The molecule has 0 aliphatic carbocycles. The lowest BCUT2D eigenvalue weighted by molar-refractivity contribution is 1.23. The molecule has 0 spiro atoms. The standard InChI is InChI=1S/C7H9ClN4/c8-6-2-1-4(9)3-5(6)7(10)12-11/h1-3H,9,11H2,(H2,10,12). The number of amidine groups is 1. The molecule has 0 saturated carbocycles. The van der Waals surface area contributed by atoms with Crippen LogP contribution in [0.3, 0.4) is 0 Å². The number of halogens is 1. The first kappa shape index (κ1) is 8.67. The number of rotatable bonds is 1. The summed E-state index contributed by atoms with van der Waals surface area (Å²) >= 11 is 5.80. The van der Waals surface area contributed by atoms with E-state index in [1.165, 1.54) is 0 Å². The monoisotopic (exact) mass is 184 g/mol. The second-order valence-electron chi connectivity index (χ2n) is 2.25. The fraction of sp³-hybridized carbons (Fsp3) is 0. The second-order valence-corrected chi connectivity index (χ2v) is 2.66. The van der Waals surface area contributed by atoms with Crippen molar-refractivity contribution in [1.29, 1.82) is 0 Å². The molecule has 0 atom stereocenters. The van der Waals surface area contributed by atoms with Crippen molar-refractivity contribution in [2.75, 3.05) is 5.73 Å². The van der Waals surface area contributed by atoms with E-state index in [9.17, 15) is 0 Å². The fourth-order valence-electron chi connectivity index (χ4n) is 0.809. The molecule has 0 amide bonds. The summed E-state index contributed by atoms with van der Waals surface area (Å²) in [5.74, 6) is 5.16. The lowest BCUT2D eigenvalue weighted by Gasteiger charge is -2.02. The van der Waals surface area contributed by atoms with Crippen LogP contribution in [0.1, 0.15) is 5.56 Å². The Morgan fingerprint density at radius 3 is 2.67 bits per heavy atom. The Balaban J connectivity index is 3.23. The molecule has 0 heterocycles.